The number of hydrogen-bond donors (Lipinski definition) is 2. The molecule has 2 rings (SSSR count). The van der Waals surface area contributed by atoms with Crippen molar-refractivity contribution in [2.45, 2.75) is 25.8 Å². The fraction of sp³-hybridized carbons (Fsp3) is 0.333. The van der Waals surface area contributed by atoms with Gasteiger partial charge in [0.15, 0.2) is 0 Å². The van der Waals surface area contributed by atoms with Crippen LogP contribution in [0.3, 0.4) is 0 Å². The number of nitrogens with zero attached hydrogens (tertiary/aromatic N) is 1. The maximum atomic E-state index is 12.0. The minimum atomic E-state index is -0.122. The van der Waals surface area contributed by atoms with Crippen molar-refractivity contribution >= 4 is 17.2 Å². The Bertz CT molecular complexity index is 554. The second-order valence-corrected chi connectivity index (χ2v) is 5.78. The molecule has 2 aromatic rings. The number of benzene rings is 1. The average molecular weight is 290 g/mol. The number of hydrogen-bond acceptors (Lipinski definition) is 4. The Labute approximate surface area is 122 Å². The highest BCUT2D eigenvalue weighted by Gasteiger charge is 2.13. The van der Waals surface area contributed by atoms with Crippen LogP contribution < -0.4 is 5.32 Å². The second kappa shape index (κ2) is 7.17. The lowest BCUT2D eigenvalue weighted by atomic mass is 10.2. The van der Waals surface area contributed by atoms with Crippen molar-refractivity contribution in [2.75, 3.05) is 6.61 Å². The first kappa shape index (κ1) is 14.7. The van der Waals surface area contributed by atoms with Gasteiger partial charge in [0, 0.05) is 19.1 Å². The van der Waals surface area contributed by atoms with Gasteiger partial charge in [-0.25, -0.2) is 4.98 Å². The highest BCUT2D eigenvalue weighted by molar-refractivity contribution is 7.13. The molecule has 1 amide bonds. The van der Waals surface area contributed by atoms with E-state index in [0.29, 0.717) is 11.3 Å². The summed E-state index contributed by atoms with van der Waals surface area (Å²) in [5.41, 5.74) is 1.18. The van der Waals surface area contributed by atoms with E-state index in [9.17, 15) is 4.79 Å². The van der Waals surface area contributed by atoms with Crippen molar-refractivity contribution in [3.8, 4) is 0 Å². The molecule has 5 heteroatoms. The van der Waals surface area contributed by atoms with Crippen LogP contribution in [0.2, 0.25) is 0 Å². The summed E-state index contributed by atoms with van der Waals surface area (Å²) in [7, 11) is 0. The van der Waals surface area contributed by atoms with Gasteiger partial charge < -0.3 is 10.4 Å². The third kappa shape index (κ3) is 4.15. The van der Waals surface area contributed by atoms with Crippen LogP contribution in [0.25, 0.3) is 0 Å². The zero-order valence-electron chi connectivity index (χ0n) is 11.4. The molecule has 0 bridgehead atoms. The molecule has 106 valence electrons. The molecule has 0 aliphatic rings. The van der Waals surface area contributed by atoms with Crippen LogP contribution in [0, 0.1) is 0 Å². The average Bonchev–Trinajstić information content (AvgIpc) is 2.89. The van der Waals surface area contributed by atoms with Gasteiger partial charge in [-0.1, -0.05) is 30.3 Å². The van der Waals surface area contributed by atoms with Gasteiger partial charge in [0.1, 0.15) is 4.88 Å². The van der Waals surface area contributed by atoms with E-state index in [1.807, 2.05) is 37.3 Å². The number of aliphatic hydroxyl groups excluding tert-OH is 1. The summed E-state index contributed by atoms with van der Waals surface area (Å²) in [4.78, 5) is 16.9. The number of carbonyl (C=O) groups is 1. The van der Waals surface area contributed by atoms with Crippen LogP contribution in [0.1, 0.15) is 33.6 Å². The van der Waals surface area contributed by atoms with E-state index >= 15 is 0 Å². The van der Waals surface area contributed by atoms with Gasteiger partial charge >= 0.3 is 0 Å². The van der Waals surface area contributed by atoms with Crippen molar-refractivity contribution < 1.29 is 9.90 Å². The largest absolute Gasteiger partial charge is 0.396 e. The number of rotatable bonds is 6. The fourth-order valence-corrected chi connectivity index (χ4v) is 2.68. The van der Waals surface area contributed by atoms with Gasteiger partial charge in [-0.3, -0.25) is 4.79 Å². The SMILES string of the molecule is CC(CCO)NC(=O)c1cnc(Cc2ccccc2)s1. The molecule has 0 radical (unpaired) electrons. The maximum absolute atomic E-state index is 12.0. The Hall–Kier alpha value is -1.72. The van der Waals surface area contributed by atoms with E-state index in [1.165, 1.54) is 16.9 Å². The van der Waals surface area contributed by atoms with Crippen LogP contribution in [0.15, 0.2) is 36.5 Å². The predicted octanol–water partition coefficient (Wildman–Crippen LogP) is 2.23. The molecule has 0 fully saturated rings. The standard InChI is InChI=1S/C15H18N2O2S/c1-11(7-8-18)17-15(19)13-10-16-14(20-13)9-12-5-3-2-4-6-12/h2-6,10-11,18H,7-9H2,1H3,(H,17,19). The first-order chi connectivity index (χ1) is 9.69. The smallest absolute Gasteiger partial charge is 0.263 e. The van der Waals surface area contributed by atoms with Crippen molar-refractivity contribution in [3.63, 3.8) is 0 Å². The Kier molecular flexibility index (Phi) is 5.26. The highest BCUT2D eigenvalue weighted by Crippen LogP contribution is 2.17. The van der Waals surface area contributed by atoms with Gasteiger partial charge in [0.2, 0.25) is 0 Å². The topological polar surface area (TPSA) is 62.2 Å². The monoisotopic (exact) mass is 290 g/mol. The summed E-state index contributed by atoms with van der Waals surface area (Å²) >= 11 is 1.41. The Morgan fingerprint density at radius 3 is 2.85 bits per heavy atom. The summed E-state index contributed by atoms with van der Waals surface area (Å²) in [5.74, 6) is -0.122. The van der Waals surface area contributed by atoms with Crippen molar-refractivity contribution in [1.82, 2.24) is 10.3 Å². The van der Waals surface area contributed by atoms with Crippen LogP contribution in [-0.4, -0.2) is 28.6 Å². The van der Waals surface area contributed by atoms with Gasteiger partial charge in [0.25, 0.3) is 5.91 Å². The third-order valence-electron chi connectivity index (χ3n) is 2.92. The number of aromatic nitrogens is 1. The van der Waals surface area contributed by atoms with Crippen LogP contribution in [0.4, 0.5) is 0 Å². The molecular formula is C15H18N2O2S. The molecule has 2 N–H and O–H groups in total. The molecule has 1 atom stereocenters. The van der Waals surface area contributed by atoms with E-state index in [4.69, 9.17) is 5.11 Å². The first-order valence-electron chi connectivity index (χ1n) is 6.59. The molecule has 0 saturated heterocycles. The summed E-state index contributed by atoms with van der Waals surface area (Å²) in [6.07, 6.45) is 2.91. The van der Waals surface area contributed by atoms with Gasteiger partial charge in [-0.15, -0.1) is 11.3 Å². The Morgan fingerprint density at radius 2 is 2.15 bits per heavy atom. The molecule has 0 spiro atoms. The quantitative estimate of drug-likeness (QED) is 0.857. The van der Waals surface area contributed by atoms with E-state index in [2.05, 4.69) is 10.3 Å². The van der Waals surface area contributed by atoms with Gasteiger partial charge in [-0.2, -0.15) is 0 Å². The molecule has 0 aliphatic carbocycles. The number of thiazole rings is 1. The number of carbonyl (C=O) groups excluding carboxylic acids is 1. The number of aliphatic hydroxyl groups is 1. The van der Waals surface area contributed by atoms with Crippen LogP contribution in [0.5, 0.6) is 0 Å². The van der Waals surface area contributed by atoms with Crippen molar-refractivity contribution in [2.24, 2.45) is 0 Å². The van der Waals surface area contributed by atoms with Crippen molar-refractivity contribution in [3.05, 3.63) is 52.0 Å². The summed E-state index contributed by atoms with van der Waals surface area (Å²) in [5, 5.41) is 12.6. The number of nitrogens with one attached hydrogen (secondary N) is 1. The van der Waals surface area contributed by atoms with E-state index < -0.39 is 0 Å². The number of amides is 1. The molecule has 0 saturated carbocycles. The van der Waals surface area contributed by atoms with Crippen LogP contribution >= 0.6 is 11.3 Å². The lowest BCUT2D eigenvalue weighted by molar-refractivity contribution is 0.0938. The molecule has 1 aromatic heterocycles. The van der Waals surface area contributed by atoms with Crippen LogP contribution in [-0.2, 0) is 6.42 Å². The summed E-state index contributed by atoms with van der Waals surface area (Å²) in [6, 6.07) is 10.0. The Balaban J connectivity index is 1.96. The van der Waals surface area contributed by atoms with E-state index in [0.717, 1.165) is 11.4 Å². The molecular weight excluding hydrogens is 272 g/mol. The zero-order valence-corrected chi connectivity index (χ0v) is 12.2. The highest BCUT2D eigenvalue weighted by atomic mass is 32.1. The molecule has 1 aromatic carbocycles. The normalized spacial score (nSPS) is 12.1. The zero-order chi connectivity index (χ0) is 14.4. The third-order valence-corrected chi connectivity index (χ3v) is 3.91. The van der Waals surface area contributed by atoms with Crippen molar-refractivity contribution in [1.29, 1.82) is 0 Å². The Morgan fingerprint density at radius 1 is 1.40 bits per heavy atom. The van der Waals surface area contributed by atoms with Gasteiger partial charge in [-0.05, 0) is 18.9 Å². The summed E-state index contributed by atoms with van der Waals surface area (Å²) < 4.78 is 0. The molecule has 0 aliphatic heterocycles. The van der Waals surface area contributed by atoms with E-state index in [1.54, 1.807) is 6.20 Å². The lowest BCUT2D eigenvalue weighted by Gasteiger charge is -2.10. The maximum Gasteiger partial charge on any atom is 0.263 e. The second-order valence-electron chi connectivity index (χ2n) is 4.67. The predicted molar refractivity (Wildman–Crippen MR) is 80.0 cm³/mol. The molecule has 4 nitrogen and oxygen atoms in total. The van der Waals surface area contributed by atoms with E-state index in [-0.39, 0.29) is 18.6 Å². The lowest BCUT2D eigenvalue weighted by Crippen LogP contribution is -2.32. The van der Waals surface area contributed by atoms with Gasteiger partial charge in [0.05, 0.1) is 11.2 Å². The minimum absolute atomic E-state index is 0.0350. The molecule has 20 heavy (non-hydrogen) atoms. The summed E-state index contributed by atoms with van der Waals surface area (Å²) in [6.45, 7) is 1.95. The first-order valence-corrected chi connectivity index (χ1v) is 7.41. The minimum Gasteiger partial charge on any atom is -0.396 e. The fourth-order valence-electron chi connectivity index (χ4n) is 1.83. The molecule has 1 unspecified atom stereocenters. The molecule has 1 heterocycles.